The van der Waals surface area contributed by atoms with Crippen LogP contribution in [0.1, 0.15) is 16.8 Å². The van der Waals surface area contributed by atoms with Gasteiger partial charge in [-0.1, -0.05) is 11.6 Å². The Morgan fingerprint density at radius 3 is 2.85 bits per heavy atom. The molecule has 0 spiro atoms. The molecule has 2 amide bonds. The third kappa shape index (κ3) is 3.61. The SMILES string of the molecule is O=C(O)c1ccc(Cl)cc1NC(=O)N1CCCNCC1. The zero-order valence-electron chi connectivity index (χ0n) is 10.9. The molecule has 0 aliphatic carbocycles. The van der Waals surface area contributed by atoms with Gasteiger partial charge >= 0.3 is 12.0 Å². The second-order valence-electron chi connectivity index (χ2n) is 4.52. The minimum atomic E-state index is -1.10. The van der Waals surface area contributed by atoms with Crippen LogP contribution in [0.3, 0.4) is 0 Å². The molecule has 1 aromatic carbocycles. The lowest BCUT2D eigenvalue weighted by molar-refractivity contribution is 0.0698. The molecule has 7 heteroatoms. The fourth-order valence-corrected chi connectivity index (χ4v) is 2.22. The normalized spacial score (nSPS) is 15.6. The smallest absolute Gasteiger partial charge is 0.337 e. The quantitative estimate of drug-likeness (QED) is 0.778. The molecule has 3 N–H and O–H groups in total. The van der Waals surface area contributed by atoms with Crippen molar-refractivity contribution in [1.29, 1.82) is 0 Å². The summed E-state index contributed by atoms with van der Waals surface area (Å²) in [6.45, 7) is 2.84. The average Bonchev–Trinajstić information content (AvgIpc) is 2.67. The molecule has 1 aliphatic heterocycles. The monoisotopic (exact) mass is 297 g/mol. The Morgan fingerprint density at radius 1 is 1.30 bits per heavy atom. The minimum Gasteiger partial charge on any atom is -0.478 e. The van der Waals surface area contributed by atoms with Crippen molar-refractivity contribution in [3.8, 4) is 0 Å². The number of hydrogen-bond donors (Lipinski definition) is 3. The molecular weight excluding hydrogens is 282 g/mol. The van der Waals surface area contributed by atoms with E-state index in [1.165, 1.54) is 18.2 Å². The molecule has 108 valence electrons. The van der Waals surface area contributed by atoms with E-state index in [-0.39, 0.29) is 17.3 Å². The van der Waals surface area contributed by atoms with Crippen molar-refractivity contribution in [1.82, 2.24) is 10.2 Å². The number of nitrogens with zero attached hydrogens (tertiary/aromatic N) is 1. The summed E-state index contributed by atoms with van der Waals surface area (Å²) in [7, 11) is 0. The van der Waals surface area contributed by atoms with E-state index < -0.39 is 5.97 Å². The number of benzene rings is 1. The van der Waals surface area contributed by atoms with Gasteiger partial charge in [0.25, 0.3) is 0 Å². The highest BCUT2D eigenvalue weighted by molar-refractivity contribution is 6.31. The van der Waals surface area contributed by atoms with Crippen LogP contribution < -0.4 is 10.6 Å². The van der Waals surface area contributed by atoms with Crippen LogP contribution >= 0.6 is 11.6 Å². The summed E-state index contributed by atoms with van der Waals surface area (Å²) in [5.74, 6) is -1.10. The second kappa shape index (κ2) is 6.58. The zero-order chi connectivity index (χ0) is 14.5. The average molecular weight is 298 g/mol. The number of amides is 2. The predicted molar refractivity (Wildman–Crippen MR) is 76.5 cm³/mol. The number of carbonyl (C=O) groups is 2. The topological polar surface area (TPSA) is 81.7 Å². The first-order valence-corrected chi connectivity index (χ1v) is 6.75. The Bertz CT molecular complexity index is 514. The number of halogens is 1. The van der Waals surface area contributed by atoms with E-state index in [0.717, 1.165) is 19.5 Å². The minimum absolute atomic E-state index is 0.0238. The number of urea groups is 1. The van der Waals surface area contributed by atoms with Gasteiger partial charge in [-0.05, 0) is 31.2 Å². The summed E-state index contributed by atoms with van der Waals surface area (Å²) in [5.41, 5.74) is 0.239. The fraction of sp³-hybridized carbons (Fsp3) is 0.385. The van der Waals surface area contributed by atoms with Gasteiger partial charge in [0.2, 0.25) is 0 Å². The highest BCUT2D eigenvalue weighted by Gasteiger charge is 2.18. The Kier molecular flexibility index (Phi) is 4.81. The lowest BCUT2D eigenvalue weighted by Gasteiger charge is -2.21. The summed E-state index contributed by atoms with van der Waals surface area (Å²) in [6, 6.07) is 4.00. The standard InChI is InChI=1S/C13H16ClN3O3/c14-9-2-3-10(12(18)19)11(8-9)16-13(20)17-6-1-4-15-5-7-17/h2-3,8,15H,1,4-7H2,(H,16,20)(H,18,19). The van der Waals surface area contributed by atoms with Gasteiger partial charge in [-0.3, -0.25) is 0 Å². The van der Waals surface area contributed by atoms with Crippen LogP contribution in [-0.4, -0.2) is 48.2 Å². The van der Waals surface area contributed by atoms with Gasteiger partial charge in [0.05, 0.1) is 11.3 Å². The van der Waals surface area contributed by atoms with Gasteiger partial charge in [-0.2, -0.15) is 0 Å². The lowest BCUT2D eigenvalue weighted by atomic mass is 10.2. The van der Waals surface area contributed by atoms with Crippen molar-refractivity contribution in [3.63, 3.8) is 0 Å². The first kappa shape index (κ1) is 14.6. The molecule has 0 atom stereocenters. The highest BCUT2D eigenvalue weighted by Crippen LogP contribution is 2.21. The lowest BCUT2D eigenvalue weighted by Crippen LogP contribution is -2.37. The Hall–Kier alpha value is -1.79. The van der Waals surface area contributed by atoms with Gasteiger partial charge in [-0.15, -0.1) is 0 Å². The van der Waals surface area contributed by atoms with Crippen LogP contribution in [0.4, 0.5) is 10.5 Å². The maximum Gasteiger partial charge on any atom is 0.337 e. The molecule has 1 heterocycles. The molecule has 20 heavy (non-hydrogen) atoms. The molecule has 6 nitrogen and oxygen atoms in total. The predicted octanol–water partition coefficient (Wildman–Crippen LogP) is 1.87. The first-order valence-electron chi connectivity index (χ1n) is 6.37. The maximum atomic E-state index is 12.2. The summed E-state index contributed by atoms with van der Waals surface area (Å²) in [6.07, 6.45) is 0.870. The largest absolute Gasteiger partial charge is 0.478 e. The molecular formula is C13H16ClN3O3. The Labute approximate surface area is 121 Å². The van der Waals surface area contributed by atoms with Crippen molar-refractivity contribution < 1.29 is 14.7 Å². The maximum absolute atomic E-state index is 12.2. The van der Waals surface area contributed by atoms with E-state index in [2.05, 4.69) is 10.6 Å². The second-order valence-corrected chi connectivity index (χ2v) is 4.95. The molecule has 0 radical (unpaired) electrons. The number of anilines is 1. The molecule has 1 aromatic rings. The van der Waals surface area contributed by atoms with Crippen molar-refractivity contribution in [2.45, 2.75) is 6.42 Å². The van der Waals surface area contributed by atoms with Crippen LogP contribution in [0.25, 0.3) is 0 Å². The van der Waals surface area contributed by atoms with Crippen molar-refractivity contribution >= 4 is 29.3 Å². The van der Waals surface area contributed by atoms with Gasteiger partial charge in [0, 0.05) is 24.7 Å². The number of hydrogen-bond acceptors (Lipinski definition) is 3. The van der Waals surface area contributed by atoms with E-state index in [1.807, 2.05) is 0 Å². The van der Waals surface area contributed by atoms with Gasteiger partial charge in [-0.25, -0.2) is 9.59 Å². The van der Waals surface area contributed by atoms with Gasteiger partial charge in [0.1, 0.15) is 0 Å². The van der Waals surface area contributed by atoms with E-state index in [4.69, 9.17) is 16.7 Å². The van der Waals surface area contributed by atoms with Crippen LogP contribution in [-0.2, 0) is 0 Å². The van der Waals surface area contributed by atoms with Crippen LogP contribution in [0.15, 0.2) is 18.2 Å². The first-order chi connectivity index (χ1) is 9.58. The summed E-state index contributed by atoms with van der Waals surface area (Å²) < 4.78 is 0. The summed E-state index contributed by atoms with van der Waals surface area (Å²) >= 11 is 5.85. The Morgan fingerprint density at radius 2 is 2.10 bits per heavy atom. The summed E-state index contributed by atoms with van der Waals surface area (Å²) in [5, 5.41) is 15.3. The number of rotatable bonds is 2. The van der Waals surface area contributed by atoms with Gasteiger partial charge < -0.3 is 20.6 Å². The van der Waals surface area contributed by atoms with Crippen LogP contribution in [0.5, 0.6) is 0 Å². The van der Waals surface area contributed by atoms with Crippen molar-refractivity contribution in [2.75, 3.05) is 31.5 Å². The molecule has 1 fully saturated rings. The number of aromatic carboxylic acids is 1. The molecule has 1 saturated heterocycles. The van der Waals surface area contributed by atoms with Gasteiger partial charge in [0.15, 0.2) is 0 Å². The third-order valence-corrected chi connectivity index (χ3v) is 3.32. The molecule has 0 aromatic heterocycles. The van der Waals surface area contributed by atoms with Crippen molar-refractivity contribution in [2.24, 2.45) is 0 Å². The fourth-order valence-electron chi connectivity index (χ4n) is 2.05. The summed E-state index contributed by atoms with van der Waals surface area (Å²) in [4.78, 5) is 24.9. The number of carboxylic acids is 1. The van der Waals surface area contributed by atoms with E-state index in [9.17, 15) is 9.59 Å². The number of carboxylic acid groups (broad SMARTS) is 1. The molecule has 0 unspecified atom stereocenters. The van der Waals surface area contributed by atoms with Crippen LogP contribution in [0, 0.1) is 0 Å². The zero-order valence-corrected chi connectivity index (χ0v) is 11.6. The van der Waals surface area contributed by atoms with E-state index in [1.54, 1.807) is 4.90 Å². The van der Waals surface area contributed by atoms with Crippen molar-refractivity contribution in [3.05, 3.63) is 28.8 Å². The molecule has 2 rings (SSSR count). The van der Waals surface area contributed by atoms with Crippen LogP contribution in [0.2, 0.25) is 5.02 Å². The van der Waals surface area contributed by atoms with E-state index in [0.29, 0.717) is 18.1 Å². The Balaban J connectivity index is 2.14. The highest BCUT2D eigenvalue weighted by atomic mass is 35.5. The number of nitrogens with one attached hydrogen (secondary N) is 2. The molecule has 0 saturated carbocycles. The van der Waals surface area contributed by atoms with E-state index >= 15 is 0 Å². The molecule has 0 bridgehead atoms. The molecule has 1 aliphatic rings. The number of carbonyl (C=O) groups excluding carboxylic acids is 1. The third-order valence-electron chi connectivity index (χ3n) is 3.08.